The first-order valence-corrected chi connectivity index (χ1v) is 9.48. The molecule has 0 atom stereocenters. The highest BCUT2D eigenvalue weighted by atomic mass is 19.4. The largest absolute Gasteiger partial charge is 0.416 e. The van der Waals surface area contributed by atoms with Gasteiger partial charge in [-0.25, -0.2) is 9.67 Å². The van der Waals surface area contributed by atoms with Crippen LogP contribution in [-0.2, 0) is 17.5 Å². The van der Waals surface area contributed by atoms with Crippen molar-refractivity contribution in [1.29, 1.82) is 0 Å². The summed E-state index contributed by atoms with van der Waals surface area (Å²) in [6.45, 7) is 3.14. The Balaban J connectivity index is 1.68. The van der Waals surface area contributed by atoms with E-state index in [9.17, 15) is 22.8 Å². The van der Waals surface area contributed by atoms with Gasteiger partial charge in [0.1, 0.15) is 12.2 Å². The summed E-state index contributed by atoms with van der Waals surface area (Å²) in [4.78, 5) is 29.5. The minimum absolute atomic E-state index is 0.0827. The highest BCUT2D eigenvalue weighted by molar-refractivity contribution is 5.91. The Bertz CT molecular complexity index is 1350. The molecular formula is C21H18F3N5O2. The van der Waals surface area contributed by atoms with Crippen LogP contribution < -0.4 is 10.9 Å². The number of fused-ring (bicyclic) bond motifs is 2. The number of aromatic nitrogens is 4. The molecule has 0 aliphatic rings. The number of pyridine rings is 1. The molecule has 1 N–H and O–H groups in total. The molecule has 0 radical (unpaired) electrons. The molecule has 1 amide bonds. The normalized spacial score (nSPS) is 12.1. The SMILES string of the molecule is CC(C)c1nn(CC(=O)Nc2ccc3nccn3c2)c(=O)c2ccc(C(F)(F)F)cc12. The zero-order valence-corrected chi connectivity index (χ0v) is 16.6. The van der Waals surface area contributed by atoms with Crippen LogP contribution in [0.3, 0.4) is 0 Å². The average molecular weight is 429 g/mol. The van der Waals surface area contributed by atoms with Crippen LogP contribution in [0.1, 0.15) is 31.0 Å². The second kappa shape index (κ2) is 7.53. The van der Waals surface area contributed by atoms with Crippen molar-refractivity contribution in [1.82, 2.24) is 19.2 Å². The molecule has 31 heavy (non-hydrogen) atoms. The summed E-state index contributed by atoms with van der Waals surface area (Å²) in [6, 6.07) is 6.33. The predicted octanol–water partition coefficient (Wildman–Crippen LogP) is 3.83. The fourth-order valence-corrected chi connectivity index (χ4v) is 3.35. The number of carbonyl (C=O) groups is 1. The first kappa shape index (κ1) is 20.6. The lowest BCUT2D eigenvalue weighted by Crippen LogP contribution is -2.31. The third-order valence-corrected chi connectivity index (χ3v) is 4.83. The van der Waals surface area contributed by atoms with E-state index < -0.39 is 23.2 Å². The molecule has 160 valence electrons. The molecule has 10 heteroatoms. The van der Waals surface area contributed by atoms with E-state index in [1.165, 1.54) is 0 Å². The third kappa shape index (κ3) is 4.00. The van der Waals surface area contributed by atoms with Gasteiger partial charge in [-0.3, -0.25) is 9.59 Å². The minimum Gasteiger partial charge on any atom is -0.323 e. The fraction of sp³-hybridized carbons (Fsp3) is 0.238. The van der Waals surface area contributed by atoms with Crippen molar-refractivity contribution in [3.8, 4) is 0 Å². The Morgan fingerprint density at radius 1 is 1.16 bits per heavy atom. The van der Waals surface area contributed by atoms with Gasteiger partial charge >= 0.3 is 6.18 Å². The Morgan fingerprint density at radius 2 is 1.94 bits per heavy atom. The number of hydrogen-bond donors (Lipinski definition) is 1. The predicted molar refractivity (Wildman–Crippen MR) is 109 cm³/mol. The Morgan fingerprint density at radius 3 is 2.65 bits per heavy atom. The number of nitrogens with zero attached hydrogens (tertiary/aromatic N) is 4. The zero-order chi connectivity index (χ0) is 22.3. The first-order valence-electron chi connectivity index (χ1n) is 9.48. The molecule has 1 aromatic carbocycles. The van der Waals surface area contributed by atoms with Gasteiger partial charge in [-0.2, -0.15) is 18.3 Å². The number of imidazole rings is 1. The van der Waals surface area contributed by atoms with Crippen molar-refractivity contribution in [3.05, 3.63) is 70.5 Å². The number of rotatable bonds is 4. The van der Waals surface area contributed by atoms with E-state index in [1.54, 1.807) is 49.0 Å². The van der Waals surface area contributed by atoms with Crippen molar-refractivity contribution < 1.29 is 18.0 Å². The molecule has 0 saturated carbocycles. The maximum absolute atomic E-state index is 13.1. The number of benzene rings is 1. The van der Waals surface area contributed by atoms with Gasteiger partial charge in [0.2, 0.25) is 5.91 Å². The number of anilines is 1. The summed E-state index contributed by atoms with van der Waals surface area (Å²) in [5.74, 6) is -0.750. The molecule has 0 aliphatic heterocycles. The topological polar surface area (TPSA) is 81.3 Å². The number of hydrogen-bond acceptors (Lipinski definition) is 4. The quantitative estimate of drug-likeness (QED) is 0.535. The zero-order valence-electron chi connectivity index (χ0n) is 16.6. The van der Waals surface area contributed by atoms with E-state index in [0.29, 0.717) is 17.0 Å². The molecular weight excluding hydrogens is 411 g/mol. The second-order valence-corrected chi connectivity index (χ2v) is 7.42. The van der Waals surface area contributed by atoms with E-state index in [2.05, 4.69) is 15.4 Å². The average Bonchev–Trinajstić information content (AvgIpc) is 3.16. The lowest BCUT2D eigenvalue weighted by atomic mass is 10.0. The standard InChI is InChI=1S/C21H18F3N5O2/c1-12(2)19-16-9-13(21(22,23)24)3-5-15(16)20(31)29(27-19)11-18(30)26-14-4-6-17-25-7-8-28(17)10-14/h3-10,12H,11H2,1-2H3,(H,26,30). The van der Waals surface area contributed by atoms with Crippen LogP contribution in [0.25, 0.3) is 16.4 Å². The Labute approximate surface area is 174 Å². The van der Waals surface area contributed by atoms with Crippen LogP contribution in [0.2, 0.25) is 0 Å². The number of halogens is 3. The van der Waals surface area contributed by atoms with Gasteiger partial charge in [-0.1, -0.05) is 13.8 Å². The van der Waals surface area contributed by atoms with Gasteiger partial charge < -0.3 is 9.72 Å². The van der Waals surface area contributed by atoms with E-state index in [1.807, 2.05) is 0 Å². The van der Waals surface area contributed by atoms with E-state index in [-0.39, 0.29) is 23.2 Å². The van der Waals surface area contributed by atoms with E-state index in [4.69, 9.17) is 0 Å². The van der Waals surface area contributed by atoms with Gasteiger partial charge in [0, 0.05) is 24.0 Å². The summed E-state index contributed by atoms with van der Waals surface area (Å²) in [5.41, 5.74) is 0.0450. The second-order valence-electron chi connectivity index (χ2n) is 7.42. The monoisotopic (exact) mass is 429 g/mol. The van der Waals surface area contributed by atoms with Crippen molar-refractivity contribution in [2.24, 2.45) is 0 Å². The number of nitrogens with one attached hydrogen (secondary N) is 1. The van der Waals surface area contributed by atoms with Gasteiger partial charge in [0.15, 0.2) is 0 Å². The smallest absolute Gasteiger partial charge is 0.323 e. The maximum Gasteiger partial charge on any atom is 0.416 e. The number of alkyl halides is 3. The van der Waals surface area contributed by atoms with Crippen LogP contribution in [0.5, 0.6) is 0 Å². The van der Waals surface area contributed by atoms with Crippen LogP contribution in [0.15, 0.2) is 53.7 Å². The van der Waals surface area contributed by atoms with Crippen molar-refractivity contribution >= 4 is 28.0 Å². The van der Waals surface area contributed by atoms with Gasteiger partial charge in [0.05, 0.1) is 22.3 Å². The summed E-state index contributed by atoms with van der Waals surface area (Å²) in [5, 5.41) is 7.12. The first-order chi connectivity index (χ1) is 14.6. The molecule has 0 saturated heterocycles. The summed E-state index contributed by atoms with van der Waals surface area (Å²) >= 11 is 0. The molecule has 3 aromatic heterocycles. The molecule has 0 fully saturated rings. The van der Waals surface area contributed by atoms with Gasteiger partial charge in [-0.15, -0.1) is 0 Å². The van der Waals surface area contributed by atoms with Crippen molar-refractivity contribution in [3.63, 3.8) is 0 Å². The maximum atomic E-state index is 13.1. The van der Waals surface area contributed by atoms with E-state index >= 15 is 0 Å². The van der Waals surface area contributed by atoms with Crippen LogP contribution in [0.4, 0.5) is 18.9 Å². The molecule has 0 unspecified atom stereocenters. The summed E-state index contributed by atoms with van der Waals surface area (Å²) in [6.07, 6.45) is 0.490. The number of amides is 1. The molecule has 7 nitrogen and oxygen atoms in total. The van der Waals surface area contributed by atoms with E-state index in [0.717, 1.165) is 22.9 Å². The van der Waals surface area contributed by atoms with Gasteiger partial charge in [-0.05, 0) is 36.2 Å². The lowest BCUT2D eigenvalue weighted by molar-refractivity contribution is -0.137. The Hall–Kier alpha value is -3.69. The third-order valence-electron chi connectivity index (χ3n) is 4.83. The van der Waals surface area contributed by atoms with Crippen LogP contribution in [0, 0.1) is 0 Å². The van der Waals surface area contributed by atoms with Crippen LogP contribution in [-0.4, -0.2) is 25.1 Å². The van der Waals surface area contributed by atoms with Crippen LogP contribution >= 0.6 is 0 Å². The number of carbonyl (C=O) groups excluding carboxylic acids is 1. The molecule has 3 heterocycles. The van der Waals surface area contributed by atoms with Crippen molar-refractivity contribution in [2.45, 2.75) is 32.5 Å². The lowest BCUT2D eigenvalue weighted by Gasteiger charge is -2.15. The van der Waals surface area contributed by atoms with Gasteiger partial charge in [0.25, 0.3) is 5.56 Å². The summed E-state index contributed by atoms with van der Waals surface area (Å²) in [7, 11) is 0. The fourth-order valence-electron chi connectivity index (χ4n) is 3.35. The van der Waals surface area contributed by atoms with Crippen molar-refractivity contribution in [2.75, 3.05) is 5.32 Å². The minimum atomic E-state index is -4.53. The molecule has 0 aliphatic carbocycles. The molecule has 0 bridgehead atoms. The summed E-state index contributed by atoms with van der Waals surface area (Å²) < 4.78 is 42.1. The molecule has 0 spiro atoms. The molecule has 4 rings (SSSR count). The highest BCUT2D eigenvalue weighted by Gasteiger charge is 2.31. The molecule has 4 aromatic rings. The highest BCUT2D eigenvalue weighted by Crippen LogP contribution is 2.32. The Kier molecular flexibility index (Phi) is 5.00.